The molecule has 2 N–H and O–H groups in total. The highest BCUT2D eigenvalue weighted by atomic mass is 16.5. The van der Waals surface area contributed by atoms with Crippen molar-refractivity contribution in [3.8, 4) is 0 Å². The predicted molar refractivity (Wildman–Crippen MR) is 68.9 cm³/mol. The SMILES string of the molecule is CC(C)(C)/[N+]([O-])=C/c1ccc(C(=O)O)cc1C(=O)O. The minimum absolute atomic E-state index is 0.136. The molecule has 1 aromatic rings. The van der Waals surface area contributed by atoms with Crippen molar-refractivity contribution in [3.05, 3.63) is 40.1 Å². The van der Waals surface area contributed by atoms with E-state index in [0.717, 1.165) is 12.3 Å². The Bertz CT molecular complexity index is 555. The van der Waals surface area contributed by atoms with E-state index < -0.39 is 17.5 Å². The van der Waals surface area contributed by atoms with Crippen LogP contribution in [0.5, 0.6) is 0 Å². The Labute approximate surface area is 110 Å². The highest BCUT2D eigenvalue weighted by molar-refractivity contribution is 6.00. The van der Waals surface area contributed by atoms with Crippen LogP contribution in [0.15, 0.2) is 18.2 Å². The topological polar surface area (TPSA) is 101 Å². The summed E-state index contributed by atoms with van der Waals surface area (Å²) in [5.41, 5.74) is -0.892. The Balaban J connectivity index is 3.37. The minimum Gasteiger partial charge on any atom is -0.623 e. The van der Waals surface area contributed by atoms with E-state index in [1.54, 1.807) is 20.8 Å². The zero-order valence-corrected chi connectivity index (χ0v) is 10.9. The number of carboxylic acids is 2. The van der Waals surface area contributed by atoms with Crippen molar-refractivity contribution in [2.75, 3.05) is 0 Å². The van der Waals surface area contributed by atoms with Gasteiger partial charge in [0.1, 0.15) is 0 Å². The largest absolute Gasteiger partial charge is 0.623 e. The quantitative estimate of drug-likeness (QED) is 0.375. The molecule has 6 heteroatoms. The molecule has 1 aromatic carbocycles. The lowest BCUT2D eigenvalue weighted by Crippen LogP contribution is -2.29. The van der Waals surface area contributed by atoms with E-state index in [0.29, 0.717) is 4.74 Å². The molecule has 0 fully saturated rings. The molecule has 1 rings (SSSR count). The van der Waals surface area contributed by atoms with Gasteiger partial charge in [0.2, 0.25) is 0 Å². The maximum absolute atomic E-state index is 11.8. The first kappa shape index (κ1) is 14.7. The van der Waals surface area contributed by atoms with Crippen molar-refractivity contribution >= 4 is 18.2 Å². The van der Waals surface area contributed by atoms with Crippen LogP contribution >= 0.6 is 0 Å². The standard InChI is InChI=1S/C13H15NO5/c1-13(2,3)14(19)7-9-5-4-8(11(15)16)6-10(9)12(17)18/h4-7H,1-3H3,(H,15,16)(H,17,18)/b14-7-. The van der Waals surface area contributed by atoms with Gasteiger partial charge in [-0.1, -0.05) is 0 Å². The highest BCUT2D eigenvalue weighted by Crippen LogP contribution is 2.13. The van der Waals surface area contributed by atoms with Gasteiger partial charge in [0, 0.05) is 20.8 Å². The summed E-state index contributed by atoms with van der Waals surface area (Å²) in [6.07, 6.45) is 1.15. The lowest BCUT2D eigenvalue weighted by molar-refractivity contribution is -0.530. The molecular formula is C13H15NO5. The van der Waals surface area contributed by atoms with Crippen LogP contribution in [0.2, 0.25) is 0 Å². The monoisotopic (exact) mass is 265 g/mol. The summed E-state index contributed by atoms with van der Waals surface area (Å²) in [7, 11) is 0. The second kappa shape index (κ2) is 5.09. The van der Waals surface area contributed by atoms with Crippen molar-refractivity contribution in [3.63, 3.8) is 0 Å². The van der Waals surface area contributed by atoms with Crippen LogP contribution in [0.3, 0.4) is 0 Å². The number of hydrogen-bond donors (Lipinski definition) is 2. The number of carboxylic acid groups (broad SMARTS) is 2. The summed E-state index contributed by atoms with van der Waals surface area (Å²) in [4.78, 5) is 21.9. The fourth-order valence-corrected chi connectivity index (χ4v) is 1.31. The minimum atomic E-state index is -1.28. The first-order chi connectivity index (χ1) is 8.62. The Morgan fingerprint density at radius 2 is 1.79 bits per heavy atom. The maximum atomic E-state index is 11.8. The summed E-state index contributed by atoms with van der Waals surface area (Å²) in [5.74, 6) is -2.50. The summed E-state index contributed by atoms with van der Waals surface area (Å²) in [6, 6.07) is 3.60. The molecule has 0 amide bonds. The molecule has 0 atom stereocenters. The summed E-state index contributed by atoms with van der Waals surface area (Å²) in [6.45, 7) is 5.05. The highest BCUT2D eigenvalue weighted by Gasteiger charge is 2.20. The van der Waals surface area contributed by atoms with Crippen LogP contribution in [0.4, 0.5) is 0 Å². The molecule has 0 spiro atoms. The van der Waals surface area contributed by atoms with Gasteiger partial charge in [-0.05, 0) is 18.2 Å². The molecule has 0 aliphatic rings. The van der Waals surface area contributed by atoms with Crippen LogP contribution < -0.4 is 0 Å². The number of hydroxylamine groups is 1. The lowest BCUT2D eigenvalue weighted by atomic mass is 10.0. The number of benzene rings is 1. The van der Waals surface area contributed by atoms with Gasteiger partial charge in [0.15, 0.2) is 11.8 Å². The second-order valence-corrected chi connectivity index (χ2v) is 5.04. The van der Waals surface area contributed by atoms with E-state index >= 15 is 0 Å². The molecule has 0 aromatic heterocycles. The third-order valence-electron chi connectivity index (χ3n) is 2.45. The molecule has 19 heavy (non-hydrogen) atoms. The van der Waals surface area contributed by atoms with Crippen LogP contribution in [0.25, 0.3) is 0 Å². The van der Waals surface area contributed by atoms with E-state index in [1.807, 2.05) is 0 Å². The van der Waals surface area contributed by atoms with Crippen molar-refractivity contribution in [2.24, 2.45) is 0 Å². The van der Waals surface area contributed by atoms with E-state index in [9.17, 15) is 14.8 Å². The average Bonchev–Trinajstić information content (AvgIpc) is 2.27. The maximum Gasteiger partial charge on any atom is 0.336 e. The molecule has 6 nitrogen and oxygen atoms in total. The number of aromatic carboxylic acids is 2. The first-order valence-corrected chi connectivity index (χ1v) is 5.55. The van der Waals surface area contributed by atoms with Gasteiger partial charge in [-0.25, -0.2) is 14.3 Å². The summed E-state index contributed by atoms with van der Waals surface area (Å²) < 4.78 is 0.634. The third kappa shape index (κ3) is 3.54. The third-order valence-corrected chi connectivity index (χ3v) is 2.45. The Hall–Kier alpha value is -2.37. The van der Waals surface area contributed by atoms with Crippen LogP contribution in [0, 0.1) is 5.21 Å². The Morgan fingerprint density at radius 1 is 1.21 bits per heavy atom. The number of hydrogen-bond acceptors (Lipinski definition) is 3. The number of nitrogens with zero attached hydrogens (tertiary/aromatic N) is 1. The van der Waals surface area contributed by atoms with Gasteiger partial charge in [-0.2, -0.15) is 0 Å². The van der Waals surface area contributed by atoms with Gasteiger partial charge >= 0.3 is 11.9 Å². The fourth-order valence-electron chi connectivity index (χ4n) is 1.31. The van der Waals surface area contributed by atoms with E-state index in [-0.39, 0.29) is 16.7 Å². The fraction of sp³-hybridized carbons (Fsp3) is 0.308. The molecule has 0 heterocycles. The smallest absolute Gasteiger partial charge is 0.336 e. The van der Waals surface area contributed by atoms with E-state index in [2.05, 4.69) is 0 Å². The van der Waals surface area contributed by atoms with Crippen molar-refractivity contribution < 1.29 is 24.5 Å². The van der Waals surface area contributed by atoms with E-state index in [1.165, 1.54) is 12.1 Å². The summed E-state index contributed by atoms with van der Waals surface area (Å²) >= 11 is 0. The van der Waals surface area contributed by atoms with Gasteiger partial charge in [0.25, 0.3) is 0 Å². The van der Waals surface area contributed by atoms with Gasteiger partial charge in [-0.3, -0.25) is 0 Å². The normalized spacial score (nSPS) is 12.3. The molecule has 0 radical (unpaired) electrons. The molecule has 0 saturated heterocycles. The zero-order chi connectivity index (χ0) is 14.8. The Kier molecular flexibility index (Phi) is 3.94. The molecule has 0 bridgehead atoms. The van der Waals surface area contributed by atoms with Crippen LogP contribution in [-0.4, -0.2) is 38.6 Å². The number of carbonyl (C=O) groups is 2. The van der Waals surface area contributed by atoms with Crippen LogP contribution in [0.1, 0.15) is 47.1 Å². The zero-order valence-electron chi connectivity index (χ0n) is 10.9. The summed E-state index contributed by atoms with van der Waals surface area (Å²) in [5, 5.41) is 29.7. The Morgan fingerprint density at radius 3 is 2.21 bits per heavy atom. The second-order valence-electron chi connectivity index (χ2n) is 5.04. The molecule has 102 valence electrons. The van der Waals surface area contributed by atoms with Gasteiger partial charge in [0.05, 0.1) is 16.7 Å². The van der Waals surface area contributed by atoms with Crippen molar-refractivity contribution in [1.82, 2.24) is 0 Å². The van der Waals surface area contributed by atoms with Crippen LogP contribution in [-0.2, 0) is 0 Å². The van der Waals surface area contributed by atoms with Gasteiger partial charge < -0.3 is 15.4 Å². The molecule has 0 saturated carbocycles. The predicted octanol–water partition coefficient (Wildman–Crippen LogP) is 1.81. The molecular weight excluding hydrogens is 250 g/mol. The van der Waals surface area contributed by atoms with Crippen molar-refractivity contribution in [1.29, 1.82) is 0 Å². The number of rotatable bonds is 3. The molecule has 0 aliphatic heterocycles. The van der Waals surface area contributed by atoms with Gasteiger partial charge in [-0.15, -0.1) is 0 Å². The van der Waals surface area contributed by atoms with E-state index in [4.69, 9.17) is 10.2 Å². The van der Waals surface area contributed by atoms with Crippen molar-refractivity contribution in [2.45, 2.75) is 26.3 Å². The molecule has 0 unspecified atom stereocenters. The molecule has 0 aliphatic carbocycles. The lowest BCUT2D eigenvalue weighted by Gasteiger charge is -2.18. The first-order valence-electron chi connectivity index (χ1n) is 5.55. The average molecular weight is 265 g/mol.